The summed E-state index contributed by atoms with van der Waals surface area (Å²) in [6.07, 6.45) is 1.61. The Morgan fingerprint density at radius 2 is 2.07 bits per heavy atom. The Morgan fingerprint density at radius 1 is 1.43 bits per heavy atom. The Kier molecular flexibility index (Phi) is 3.96. The second-order valence-corrected chi connectivity index (χ2v) is 4.46. The number of hydrogen-bond acceptors (Lipinski definition) is 2. The molecule has 14 heavy (non-hydrogen) atoms. The van der Waals surface area contributed by atoms with Gasteiger partial charge in [-0.1, -0.05) is 22.9 Å². The fourth-order valence-corrected chi connectivity index (χ4v) is 2.10. The predicted molar refractivity (Wildman–Crippen MR) is 62.5 cm³/mol. The highest BCUT2D eigenvalue weighted by Gasteiger charge is 2.08. The van der Waals surface area contributed by atoms with Crippen molar-refractivity contribution in [1.29, 1.82) is 0 Å². The monoisotopic (exact) mass is 257 g/mol. The number of phenolic OH excluding ortho intramolecular Hbond substituents is 1. The van der Waals surface area contributed by atoms with Crippen LogP contribution in [-0.4, -0.2) is 11.1 Å². The molecule has 0 aliphatic heterocycles. The van der Waals surface area contributed by atoms with E-state index in [9.17, 15) is 5.11 Å². The molecule has 1 aromatic carbocycles. The lowest BCUT2D eigenvalue weighted by Crippen LogP contribution is -2.17. The summed E-state index contributed by atoms with van der Waals surface area (Å²) in [5, 5.41) is 9.72. The number of aryl methyl sites for hydroxylation is 1. The summed E-state index contributed by atoms with van der Waals surface area (Å²) in [7, 11) is 0. The molecule has 78 valence electrons. The minimum Gasteiger partial charge on any atom is -0.508 e. The molecule has 0 aromatic heterocycles. The van der Waals surface area contributed by atoms with Gasteiger partial charge in [0.1, 0.15) is 5.75 Å². The topological polar surface area (TPSA) is 46.2 Å². The molecule has 0 heterocycles. The van der Waals surface area contributed by atoms with E-state index in [0.29, 0.717) is 12.2 Å². The molecular formula is C11H16BrNO. The van der Waals surface area contributed by atoms with Crippen LogP contribution in [0.5, 0.6) is 5.75 Å². The van der Waals surface area contributed by atoms with Gasteiger partial charge in [-0.05, 0) is 43.0 Å². The molecular weight excluding hydrogens is 242 g/mol. The van der Waals surface area contributed by atoms with Crippen molar-refractivity contribution in [2.45, 2.75) is 32.7 Å². The van der Waals surface area contributed by atoms with Gasteiger partial charge in [0.2, 0.25) is 0 Å². The Hall–Kier alpha value is -0.540. The maximum atomic E-state index is 9.72. The number of aromatic hydroxyl groups is 1. The van der Waals surface area contributed by atoms with Crippen molar-refractivity contribution >= 4 is 15.9 Å². The van der Waals surface area contributed by atoms with Crippen molar-refractivity contribution in [2.24, 2.45) is 5.73 Å². The van der Waals surface area contributed by atoms with E-state index in [1.807, 2.05) is 19.1 Å². The lowest BCUT2D eigenvalue weighted by Gasteiger charge is -2.10. The minimum atomic E-state index is 0.0697. The number of halogens is 1. The van der Waals surface area contributed by atoms with Crippen LogP contribution >= 0.6 is 15.9 Å². The highest BCUT2D eigenvalue weighted by molar-refractivity contribution is 9.10. The summed E-state index contributed by atoms with van der Waals surface area (Å²) in [5.74, 6) is 0.349. The number of phenols is 1. The molecule has 0 radical (unpaired) electrons. The maximum absolute atomic E-state index is 9.72. The number of nitrogens with two attached hydrogens (primary N) is 1. The first kappa shape index (κ1) is 11.5. The molecule has 0 fully saturated rings. The van der Waals surface area contributed by atoms with Crippen LogP contribution in [0.25, 0.3) is 0 Å². The first-order valence-electron chi connectivity index (χ1n) is 4.80. The highest BCUT2D eigenvalue weighted by Crippen LogP contribution is 2.27. The van der Waals surface area contributed by atoms with Crippen LogP contribution in [0.4, 0.5) is 0 Å². The van der Waals surface area contributed by atoms with E-state index in [0.717, 1.165) is 22.0 Å². The van der Waals surface area contributed by atoms with Crippen molar-refractivity contribution in [1.82, 2.24) is 0 Å². The molecule has 0 amide bonds. The van der Waals surface area contributed by atoms with E-state index in [2.05, 4.69) is 22.9 Å². The van der Waals surface area contributed by atoms with Crippen molar-refractivity contribution in [3.63, 3.8) is 0 Å². The normalized spacial score (nSPS) is 12.9. The predicted octanol–water partition coefficient (Wildman–Crippen LogP) is 2.61. The lowest BCUT2D eigenvalue weighted by atomic mass is 10.0. The molecule has 0 spiro atoms. The van der Waals surface area contributed by atoms with Crippen LogP contribution in [-0.2, 0) is 12.8 Å². The van der Waals surface area contributed by atoms with Gasteiger partial charge < -0.3 is 10.8 Å². The van der Waals surface area contributed by atoms with Gasteiger partial charge >= 0.3 is 0 Å². The minimum absolute atomic E-state index is 0.0697. The second-order valence-electron chi connectivity index (χ2n) is 3.61. The molecule has 0 aliphatic rings. The molecule has 1 atom stereocenters. The fraction of sp³-hybridized carbons (Fsp3) is 0.455. The molecule has 2 nitrogen and oxygen atoms in total. The van der Waals surface area contributed by atoms with Gasteiger partial charge in [0, 0.05) is 10.5 Å². The first-order valence-corrected chi connectivity index (χ1v) is 5.59. The summed E-state index contributed by atoms with van der Waals surface area (Å²) < 4.78 is 1.05. The average Bonchev–Trinajstić information content (AvgIpc) is 2.10. The molecule has 0 saturated heterocycles. The first-order chi connectivity index (χ1) is 6.54. The van der Waals surface area contributed by atoms with Crippen LogP contribution in [0.2, 0.25) is 0 Å². The quantitative estimate of drug-likeness (QED) is 0.875. The third kappa shape index (κ3) is 2.72. The highest BCUT2D eigenvalue weighted by atomic mass is 79.9. The number of rotatable bonds is 3. The van der Waals surface area contributed by atoms with Gasteiger partial charge in [0.05, 0.1) is 0 Å². The van der Waals surface area contributed by atoms with E-state index in [1.165, 1.54) is 0 Å². The molecule has 3 N–H and O–H groups in total. The molecule has 3 heteroatoms. The van der Waals surface area contributed by atoms with Crippen LogP contribution in [0.15, 0.2) is 16.6 Å². The Balaban J connectivity index is 3.02. The van der Waals surface area contributed by atoms with Gasteiger partial charge in [0.15, 0.2) is 0 Å². The van der Waals surface area contributed by atoms with Crippen LogP contribution in [0.1, 0.15) is 25.0 Å². The van der Waals surface area contributed by atoms with Crippen LogP contribution in [0, 0.1) is 0 Å². The molecule has 0 saturated carbocycles. The van der Waals surface area contributed by atoms with E-state index < -0.39 is 0 Å². The summed E-state index contributed by atoms with van der Waals surface area (Å²) in [6, 6.07) is 3.83. The van der Waals surface area contributed by atoms with Gasteiger partial charge in [-0.15, -0.1) is 0 Å². The second kappa shape index (κ2) is 4.80. The van der Waals surface area contributed by atoms with Crippen LogP contribution in [0.3, 0.4) is 0 Å². The summed E-state index contributed by atoms with van der Waals surface area (Å²) in [6.45, 7) is 3.99. The third-order valence-electron chi connectivity index (χ3n) is 2.17. The zero-order valence-electron chi connectivity index (χ0n) is 8.55. The lowest BCUT2D eigenvalue weighted by molar-refractivity contribution is 0.464. The van der Waals surface area contributed by atoms with Crippen molar-refractivity contribution in [3.05, 3.63) is 27.7 Å². The third-order valence-corrected chi connectivity index (χ3v) is 2.91. The maximum Gasteiger partial charge on any atom is 0.119 e. The van der Waals surface area contributed by atoms with Gasteiger partial charge in [-0.3, -0.25) is 0 Å². The van der Waals surface area contributed by atoms with E-state index in [-0.39, 0.29) is 6.04 Å². The summed E-state index contributed by atoms with van der Waals surface area (Å²) >= 11 is 3.48. The molecule has 0 aliphatic carbocycles. The average molecular weight is 258 g/mol. The van der Waals surface area contributed by atoms with Crippen molar-refractivity contribution in [3.8, 4) is 5.75 Å². The summed E-state index contributed by atoms with van der Waals surface area (Å²) in [4.78, 5) is 0. The van der Waals surface area contributed by atoms with Crippen molar-refractivity contribution in [2.75, 3.05) is 0 Å². The molecule has 0 bridgehead atoms. The smallest absolute Gasteiger partial charge is 0.119 e. The summed E-state index contributed by atoms with van der Waals surface area (Å²) in [5.41, 5.74) is 7.72. The zero-order chi connectivity index (χ0) is 10.7. The number of hydrogen-bond donors (Lipinski definition) is 2. The zero-order valence-corrected chi connectivity index (χ0v) is 10.1. The molecule has 1 rings (SSSR count). The Bertz CT molecular complexity index is 323. The van der Waals surface area contributed by atoms with Gasteiger partial charge in [-0.25, -0.2) is 0 Å². The fourth-order valence-electron chi connectivity index (χ4n) is 1.43. The Morgan fingerprint density at radius 3 is 2.57 bits per heavy atom. The molecule has 1 unspecified atom stereocenters. The van der Waals surface area contributed by atoms with Crippen LogP contribution < -0.4 is 5.73 Å². The SMILES string of the molecule is CCc1cc(O)c(CC(C)N)cc1Br. The van der Waals surface area contributed by atoms with E-state index >= 15 is 0 Å². The van der Waals surface area contributed by atoms with E-state index in [4.69, 9.17) is 5.73 Å². The van der Waals surface area contributed by atoms with Crippen molar-refractivity contribution < 1.29 is 5.11 Å². The van der Waals surface area contributed by atoms with E-state index in [1.54, 1.807) is 0 Å². The van der Waals surface area contributed by atoms with Gasteiger partial charge in [-0.2, -0.15) is 0 Å². The number of benzene rings is 1. The standard InChI is InChI=1S/C11H16BrNO/c1-3-8-6-11(14)9(4-7(2)13)5-10(8)12/h5-7,14H,3-4,13H2,1-2H3. The largest absolute Gasteiger partial charge is 0.508 e. The van der Waals surface area contributed by atoms with Gasteiger partial charge in [0.25, 0.3) is 0 Å². The molecule has 1 aromatic rings. The Labute approximate surface area is 93.3 Å².